The van der Waals surface area contributed by atoms with Gasteiger partial charge in [0.25, 0.3) is 0 Å². The lowest BCUT2D eigenvalue weighted by molar-refractivity contribution is -0.160. The van der Waals surface area contributed by atoms with Gasteiger partial charge in [0, 0.05) is 75.4 Å². The van der Waals surface area contributed by atoms with Crippen molar-refractivity contribution in [1.82, 2.24) is 20.4 Å². The number of piperazine rings is 1. The average molecular weight is 583 g/mol. The molecule has 0 bridgehead atoms. The van der Waals surface area contributed by atoms with Crippen LogP contribution in [0.1, 0.15) is 91.9 Å². The van der Waals surface area contributed by atoms with E-state index in [0.29, 0.717) is 59.7 Å². The Morgan fingerprint density at radius 3 is 2.55 bits per heavy atom. The van der Waals surface area contributed by atoms with Crippen LogP contribution in [0.5, 0.6) is 0 Å². The van der Waals surface area contributed by atoms with Crippen LogP contribution in [0.15, 0.2) is 0 Å². The van der Waals surface area contributed by atoms with Gasteiger partial charge in [-0.3, -0.25) is 14.9 Å². The maximum atomic E-state index is 14.4. The van der Waals surface area contributed by atoms with Crippen LogP contribution < -0.4 is 10.6 Å². The Morgan fingerprint density at radius 1 is 1.02 bits per heavy atom. The Balaban J connectivity index is 0.991. The highest BCUT2D eigenvalue weighted by Crippen LogP contribution is 2.70. The van der Waals surface area contributed by atoms with Crippen LogP contribution in [0.25, 0.3) is 0 Å². The molecule has 3 heterocycles. The average Bonchev–Trinajstić information content (AvgIpc) is 3.41. The van der Waals surface area contributed by atoms with Crippen molar-refractivity contribution in [1.29, 1.82) is 0 Å². The third kappa shape index (κ3) is 4.65. The summed E-state index contributed by atoms with van der Waals surface area (Å²) < 4.78 is 7.00. The number of piperidine rings is 1. The molecule has 7 nitrogen and oxygen atoms in total. The number of nitrogens with one attached hydrogen (secondary N) is 2. The summed E-state index contributed by atoms with van der Waals surface area (Å²) >= 11 is 0. The zero-order valence-corrected chi connectivity index (χ0v) is 27.1. The van der Waals surface area contributed by atoms with Gasteiger partial charge in [0.2, 0.25) is 5.91 Å². The molecule has 0 aromatic rings. The number of rotatable bonds is 4. The van der Waals surface area contributed by atoms with Crippen LogP contribution in [0.3, 0.4) is 0 Å². The maximum Gasteiger partial charge on any atom is 0.221 e. The number of Topliss-reactive ketones (excluding diaryl/α,β-unsaturated/α-hetero) is 1. The molecule has 7 fully saturated rings. The lowest BCUT2D eigenvalue weighted by atomic mass is 9.44. The molecule has 0 radical (unpaired) electrons. The molecule has 42 heavy (non-hydrogen) atoms. The van der Waals surface area contributed by atoms with Crippen molar-refractivity contribution < 1.29 is 14.3 Å². The molecule has 7 aliphatic rings. The minimum atomic E-state index is -0.238. The Kier molecular flexibility index (Phi) is 7.64. The Bertz CT molecular complexity index is 1050. The van der Waals surface area contributed by atoms with Gasteiger partial charge in [0.1, 0.15) is 11.5 Å². The Hall–Kier alpha value is -1.02. The Morgan fingerprint density at radius 2 is 1.81 bits per heavy atom. The smallest absolute Gasteiger partial charge is 0.221 e. The van der Waals surface area contributed by atoms with E-state index in [1.165, 1.54) is 19.3 Å². The molecule has 0 aromatic heterocycles. The van der Waals surface area contributed by atoms with Gasteiger partial charge in [-0.2, -0.15) is 0 Å². The molecule has 7 rings (SSSR count). The lowest BCUT2D eigenvalue weighted by Gasteiger charge is -2.60. The summed E-state index contributed by atoms with van der Waals surface area (Å²) in [5, 5.41) is 7.26. The van der Waals surface area contributed by atoms with Gasteiger partial charge in [0.05, 0.1) is 6.10 Å². The van der Waals surface area contributed by atoms with Crippen LogP contribution in [0, 0.1) is 52.3 Å². The molecule has 7 heteroatoms. The third-order valence-corrected chi connectivity index (χ3v) is 14.6. The summed E-state index contributed by atoms with van der Waals surface area (Å²) in [5.74, 6) is 4.41. The number of amides is 1. The van der Waals surface area contributed by atoms with E-state index in [1.54, 1.807) is 0 Å². The summed E-state index contributed by atoms with van der Waals surface area (Å²) in [7, 11) is 2.17. The second-order valence-corrected chi connectivity index (χ2v) is 16.6. The molecule has 3 saturated heterocycles. The topological polar surface area (TPSA) is 73.9 Å². The highest BCUT2D eigenvalue weighted by atomic mass is 16.5. The van der Waals surface area contributed by atoms with Crippen molar-refractivity contribution >= 4 is 11.7 Å². The van der Waals surface area contributed by atoms with E-state index in [4.69, 9.17) is 4.74 Å². The molecule has 3 aliphatic heterocycles. The van der Waals surface area contributed by atoms with Crippen LogP contribution in [-0.2, 0) is 14.3 Å². The number of carbonyl (C=O) groups excluding carboxylic acids is 2. The largest absolute Gasteiger partial charge is 0.357 e. The SMILES string of the molecule is C[C@@H]1CC[C@@]2(NC1)O[C@H]1C[C@H]3[C@@H]4CC[C@H]5C[C@@H](NC(=O)CCN6CCN(C)CC6)CC[C@]5(C)[C@H]4CC(=O)[C@]3(C)[C@H]1[C@@H]2C. The van der Waals surface area contributed by atoms with E-state index in [9.17, 15) is 9.59 Å². The van der Waals surface area contributed by atoms with Crippen molar-refractivity contribution in [3.8, 4) is 0 Å². The maximum absolute atomic E-state index is 14.4. The predicted octanol–water partition coefficient (Wildman–Crippen LogP) is 4.31. The number of ketones is 1. The summed E-state index contributed by atoms with van der Waals surface area (Å²) in [4.78, 5) is 32.1. The first-order chi connectivity index (χ1) is 20.0. The second-order valence-electron chi connectivity index (χ2n) is 16.6. The molecule has 236 valence electrons. The number of likely N-dealkylation sites (N-methyl/N-ethyl adjacent to an activating group) is 1. The Labute approximate surface area is 254 Å². The van der Waals surface area contributed by atoms with Gasteiger partial charge in [-0.25, -0.2) is 0 Å². The molecule has 4 saturated carbocycles. The fraction of sp³-hybridized carbons (Fsp3) is 0.943. The summed E-state index contributed by atoms with van der Waals surface area (Å²) in [6.07, 6.45) is 10.8. The van der Waals surface area contributed by atoms with E-state index < -0.39 is 0 Å². The van der Waals surface area contributed by atoms with Crippen LogP contribution >= 0.6 is 0 Å². The minimum absolute atomic E-state index is 0.216. The third-order valence-electron chi connectivity index (χ3n) is 14.6. The van der Waals surface area contributed by atoms with E-state index in [-0.39, 0.29) is 28.6 Å². The predicted molar refractivity (Wildman–Crippen MR) is 165 cm³/mol. The molecule has 4 aliphatic carbocycles. The molecule has 0 aromatic carbocycles. The fourth-order valence-corrected chi connectivity index (χ4v) is 11.9. The van der Waals surface area contributed by atoms with Gasteiger partial charge in [-0.1, -0.05) is 27.7 Å². The lowest BCUT2D eigenvalue weighted by Crippen LogP contribution is -2.60. The van der Waals surface area contributed by atoms with Gasteiger partial charge in [0.15, 0.2) is 0 Å². The van der Waals surface area contributed by atoms with E-state index in [2.05, 4.69) is 55.2 Å². The minimum Gasteiger partial charge on any atom is -0.357 e. The molecule has 2 N–H and O–H groups in total. The molecule has 12 atom stereocenters. The van der Waals surface area contributed by atoms with Crippen LogP contribution in [0.2, 0.25) is 0 Å². The van der Waals surface area contributed by atoms with Crippen LogP contribution in [-0.4, -0.2) is 85.7 Å². The monoisotopic (exact) mass is 582 g/mol. The highest BCUT2D eigenvalue weighted by molar-refractivity contribution is 5.87. The van der Waals surface area contributed by atoms with Crippen molar-refractivity contribution in [3.63, 3.8) is 0 Å². The number of ether oxygens (including phenoxy) is 1. The standard InChI is InChI=1S/C35H58N4O3/c1-22-8-12-35(36-21-22)23(2)32-29(42-35)19-28-26-7-6-24-18-25(37-31(41)10-13-39-16-14-38(5)15-17-39)9-11-33(24,3)27(26)20-30(40)34(28,32)4/h22-29,32,36H,6-21H2,1-5H3,(H,37,41)/t22-,23+,24+,25+,26-,27+,28+,29+,32+,33+,34-,35-/m1/s1. The van der Waals surface area contributed by atoms with Gasteiger partial charge in [-0.15, -0.1) is 0 Å². The summed E-state index contributed by atoms with van der Waals surface area (Å²) in [6.45, 7) is 15.8. The van der Waals surface area contributed by atoms with Gasteiger partial charge < -0.3 is 19.9 Å². The highest BCUT2D eigenvalue weighted by Gasteiger charge is 2.71. The number of carbonyl (C=O) groups is 2. The van der Waals surface area contributed by atoms with Crippen molar-refractivity contribution in [2.24, 2.45) is 52.3 Å². The van der Waals surface area contributed by atoms with Crippen molar-refractivity contribution in [2.45, 2.75) is 110 Å². The van der Waals surface area contributed by atoms with Gasteiger partial charge in [-0.05, 0) is 93.4 Å². The van der Waals surface area contributed by atoms with Crippen LogP contribution in [0.4, 0.5) is 0 Å². The number of hydrogen-bond acceptors (Lipinski definition) is 6. The van der Waals surface area contributed by atoms with Gasteiger partial charge >= 0.3 is 0 Å². The fourth-order valence-electron chi connectivity index (χ4n) is 11.9. The number of hydrogen-bond donors (Lipinski definition) is 2. The zero-order valence-electron chi connectivity index (χ0n) is 27.1. The zero-order chi connectivity index (χ0) is 29.4. The number of fused-ring (bicyclic) bond motifs is 7. The molecular weight excluding hydrogens is 524 g/mol. The molecule has 1 amide bonds. The normalized spacial score (nSPS) is 51.1. The molecule has 1 spiro atoms. The quantitative estimate of drug-likeness (QED) is 0.515. The van der Waals surface area contributed by atoms with E-state index >= 15 is 0 Å². The first-order valence-electron chi connectivity index (χ1n) is 17.7. The van der Waals surface area contributed by atoms with Crippen molar-refractivity contribution in [2.75, 3.05) is 46.3 Å². The first-order valence-corrected chi connectivity index (χ1v) is 17.7. The molecular formula is C35H58N4O3. The van der Waals surface area contributed by atoms with Crippen molar-refractivity contribution in [3.05, 3.63) is 0 Å². The first kappa shape index (κ1) is 29.7. The summed E-state index contributed by atoms with van der Waals surface area (Å²) in [5.41, 5.74) is -0.241. The summed E-state index contributed by atoms with van der Waals surface area (Å²) in [6, 6.07) is 0.297. The number of nitrogens with zero attached hydrogens (tertiary/aromatic N) is 2. The van der Waals surface area contributed by atoms with E-state index in [1.807, 2.05) is 0 Å². The molecule has 0 unspecified atom stereocenters. The second kappa shape index (κ2) is 10.8. The van der Waals surface area contributed by atoms with E-state index in [0.717, 1.165) is 77.8 Å².